The molecule has 0 aliphatic carbocycles. The molecule has 0 atom stereocenters. The Balaban J connectivity index is 2.02. The molecule has 3 N–H and O–H groups in total. The minimum absolute atomic E-state index is 0.0425. The molecule has 0 fully saturated rings. The molecule has 0 aliphatic rings. The third-order valence-corrected chi connectivity index (χ3v) is 2.57. The maximum Gasteiger partial charge on any atom is 0.471 e. The van der Waals surface area contributed by atoms with Gasteiger partial charge in [-0.3, -0.25) is 14.4 Å². The summed E-state index contributed by atoms with van der Waals surface area (Å²) in [5.41, 5.74) is -0.314. The summed E-state index contributed by atoms with van der Waals surface area (Å²) in [6.07, 6.45) is -4.98. The van der Waals surface area contributed by atoms with Crippen molar-refractivity contribution in [2.75, 3.05) is 10.6 Å². The van der Waals surface area contributed by atoms with Crippen molar-refractivity contribution in [2.24, 2.45) is 0 Å². The molecule has 2 rings (SSSR count). The van der Waals surface area contributed by atoms with Crippen molar-refractivity contribution in [3.8, 4) is 0 Å². The van der Waals surface area contributed by atoms with Crippen molar-refractivity contribution < 1.29 is 22.8 Å². The molecule has 2 amide bonds. The summed E-state index contributed by atoms with van der Waals surface area (Å²) in [4.78, 5) is 33.4. The van der Waals surface area contributed by atoms with Crippen molar-refractivity contribution in [2.45, 2.75) is 6.18 Å². The van der Waals surface area contributed by atoms with E-state index in [9.17, 15) is 27.6 Å². The SMILES string of the molecule is O=C(Nc1ccc(NC(=O)C(F)(F)F)cc1)c1ccc(=O)[nH]n1. The van der Waals surface area contributed by atoms with Gasteiger partial charge in [0.25, 0.3) is 11.5 Å². The molecule has 10 heteroatoms. The number of nitrogens with one attached hydrogen (secondary N) is 3. The summed E-state index contributed by atoms with van der Waals surface area (Å²) >= 11 is 0. The summed E-state index contributed by atoms with van der Waals surface area (Å²) in [5, 5.41) is 9.72. The molecule has 2 aromatic rings. The Morgan fingerprint density at radius 3 is 2.00 bits per heavy atom. The number of amides is 2. The van der Waals surface area contributed by atoms with E-state index >= 15 is 0 Å². The van der Waals surface area contributed by atoms with Crippen molar-refractivity contribution in [3.63, 3.8) is 0 Å². The lowest BCUT2D eigenvalue weighted by Gasteiger charge is -2.09. The van der Waals surface area contributed by atoms with Gasteiger partial charge in [-0.15, -0.1) is 0 Å². The maximum absolute atomic E-state index is 12.1. The largest absolute Gasteiger partial charge is 0.471 e. The van der Waals surface area contributed by atoms with Crippen LogP contribution in [0.15, 0.2) is 41.2 Å². The molecule has 0 radical (unpaired) electrons. The molecule has 0 saturated heterocycles. The Bertz CT molecular complexity index is 764. The van der Waals surface area contributed by atoms with Crippen LogP contribution in [0.3, 0.4) is 0 Å². The Kier molecular flexibility index (Phi) is 4.44. The zero-order chi connectivity index (χ0) is 17.0. The average molecular weight is 326 g/mol. The van der Waals surface area contributed by atoms with E-state index in [-0.39, 0.29) is 17.1 Å². The number of aromatic nitrogens is 2. The maximum atomic E-state index is 12.1. The number of benzene rings is 1. The number of alkyl halides is 3. The molecule has 120 valence electrons. The van der Waals surface area contributed by atoms with E-state index in [2.05, 4.69) is 15.5 Å². The van der Waals surface area contributed by atoms with E-state index in [1.54, 1.807) is 5.32 Å². The summed E-state index contributed by atoms with van der Waals surface area (Å²) in [5.74, 6) is -2.71. The number of carbonyl (C=O) groups is 2. The van der Waals surface area contributed by atoms with E-state index in [1.807, 2.05) is 0 Å². The minimum Gasteiger partial charge on any atom is -0.321 e. The highest BCUT2D eigenvalue weighted by atomic mass is 19.4. The van der Waals surface area contributed by atoms with E-state index in [0.29, 0.717) is 0 Å². The molecule has 1 aromatic carbocycles. The molecular weight excluding hydrogens is 317 g/mol. The van der Waals surface area contributed by atoms with E-state index < -0.39 is 23.5 Å². The van der Waals surface area contributed by atoms with Gasteiger partial charge in [0.15, 0.2) is 0 Å². The predicted octanol–water partition coefficient (Wildman–Crippen LogP) is 1.52. The fraction of sp³-hybridized carbons (Fsp3) is 0.0769. The van der Waals surface area contributed by atoms with Gasteiger partial charge in [-0.05, 0) is 30.3 Å². The summed E-state index contributed by atoms with van der Waals surface area (Å²) in [7, 11) is 0. The number of nitrogens with zero attached hydrogens (tertiary/aromatic N) is 1. The lowest BCUT2D eigenvalue weighted by atomic mass is 10.2. The minimum atomic E-state index is -4.98. The second kappa shape index (κ2) is 6.30. The van der Waals surface area contributed by atoms with Crippen LogP contribution < -0.4 is 16.2 Å². The molecule has 1 heterocycles. The van der Waals surface area contributed by atoms with Crippen LogP contribution in [0.2, 0.25) is 0 Å². The van der Waals surface area contributed by atoms with Crippen LogP contribution in [0.4, 0.5) is 24.5 Å². The average Bonchev–Trinajstić information content (AvgIpc) is 2.49. The van der Waals surface area contributed by atoms with Gasteiger partial charge in [-0.25, -0.2) is 5.10 Å². The third kappa shape index (κ3) is 4.40. The van der Waals surface area contributed by atoms with Crippen molar-refractivity contribution in [1.82, 2.24) is 10.2 Å². The molecule has 0 aliphatic heterocycles. The summed E-state index contributed by atoms with van der Waals surface area (Å²) < 4.78 is 36.3. The number of halogens is 3. The van der Waals surface area contributed by atoms with Gasteiger partial charge in [-0.1, -0.05) is 0 Å². The Morgan fingerprint density at radius 2 is 1.52 bits per heavy atom. The fourth-order valence-corrected chi connectivity index (χ4v) is 1.50. The van der Waals surface area contributed by atoms with Gasteiger partial charge in [0.05, 0.1) is 0 Å². The Morgan fingerprint density at radius 1 is 0.957 bits per heavy atom. The first kappa shape index (κ1) is 16.2. The highest BCUT2D eigenvalue weighted by molar-refractivity contribution is 6.03. The van der Waals surface area contributed by atoms with Gasteiger partial charge < -0.3 is 10.6 Å². The topological polar surface area (TPSA) is 104 Å². The predicted molar refractivity (Wildman–Crippen MR) is 73.9 cm³/mol. The first-order chi connectivity index (χ1) is 10.8. The molecule has 23 heavy (non-hydrogen) atoms. The number of H-pyrrole nitrogens is 1. The van der Waals surface area contributed by atoms with Crippen LogP contribution >= 0.6 is 0 Å². The molecule has 7 nitrogen and oxygen atoms in total. The zero-order valence-corrected chi connectivity index (χ0v) is 11.3. The standard InChI is InChI=1S/C13H9F3N4O3/c14-13(15,16)12(23)18-8-3-1-7(2-4-8)17-11(22)9-5-6-10(21)20-19-9/h1-6H,(H,17,22)(H,18,23)(H,20,21). The summed E-state index contributed by atoms with van der Waals surface area (Å²) in [6, 6.07) is 7.33. The number of anilines is 2. The second-order valence-corrected chi connectivity index (χ2v) is 4.29. The van der Waals surface area contributed by atoms with Gasteiger partial charge >= 0.3 is 12.1 Å². The molecule has 0 spiro atoms. The van der Waals surface area contributed by atoms with Crippen LogP contribution in [0.1, 0.15) is 10.5 Å². The third-order valence-electron chi connectivity index (χ3n) is 2.57. The van der Waals surface area contributed by atoms with E-state index in [1.165, 1.54) is 30.3 Å². The van der Waals surface area contributed by atoms with Crippen molar-refractivity contribution in [1.29, 1.82) is 0 Å². The van der Waals surface area contributed by atoms with Crippen LogP contribution in [0.25, 0.3) is 0 Å². The first-order valence-corrected chi connectivity index (χ1v) is 6.11. The lowest BCUT2D eigenvalue weighted by Crippen LogP contribution is -2.29. The molecule has 0 saturated carbocycles. The van der Waals surface area contributed by atoms with E-state index in [0.717, 1.165) is 6.07 Å². The van der Waals surface area contributed by atoms with Gasteiger partial charge in [-0.2, -0.15) is 18.3 Å². The molecular formula is C13H9F3N4O3. The molecule has 0 unspecified atom stereocenters. The van der Waals surface area contributed by atoms with E-state index in [4.69, 9.17) is 0 Å². The zero-order valence-electron chi connectivity index (χ0n) is 11.3. The number of hydrogen-bond donors (Lipinski definition) is 3. The highest BCUT2D eigenvalue weighted by Crippen LogP contribution is 2.19. The van der Waals surface area contributed by atoms with Gasteiger partial charge in [0.2, 0.25) is 0 Å². The Hall–Kier alpha value is -3.17. The van der Waals surface area contributed by atoms with Gasteiger partial charge in [0.1, 0.15) is 5.69 Å². The number of aromatic amines is 1. The quantitative estimate of drug-likeness (QED) is 0.795. The monoisotopic (exact) mass is 326 g/mol. The Labute approximate surface area is 126 Å². The molecule has 0 bridgehead atoms. The summed E-state index contributed by atoms with van der Waals surface area (Å²) in [6.45, 7) is 0. The van der Waals surface area contributed by atoms with Crippen LogP contribution in [0.5, 0.6) is 0 Å². The van der Waals surface area contributed by atoms with Crippen LogP contribution in [0, 0.1) is 0 Å². The van der Waals surface area contributed by atoms with Crippen molar-refractivity contribution in [3.05, 3.63) is 52.4 Å². The van der Waals surface area contributed by atoms with Crippen LogP contribution in [-0.4, -0.2) is 28.2 Å². The first-order valence-electron chi connectivity index (χ1n) is 6.11. The number of carbonyl (C=O) groups excluding carboxylic acids is 2. The molecule has 1 aromatic heterocycles. The highest BCUT2D eigenvalue weighted by Gasteiger charge is 2.38. The van der Waals surface area contributed by atoms with Crippen LogP contribution in [-0.2, 0) is 4.79 Å². The lowest BCUT2D eigenvalue weighted by molar-refractivity contribution is -0.167. The normalized spacial score (nSPS) is 10.9. The second-order valence-electron chi connectivity index (χ2n) is 4.29. The number of rotatable bonds is 3. The van der Waals surface area contributed by atoms with Gasteiger partial charge in [0, 0.05) is 17.4 Å². The fourth-order valence-electron chi connectivity index (χ4n) is 1.50. The van der Waals surface area contributed by atoms with Crippen molar-refractivity contribution >= 4 is 23.2 Å². The smallest absolute Gasteiger partial charge is 0.321 e. The number of hydrogen-bond acceptors (Lipinski definition) is 4.